The van der Waals surface area contributed by atoms with Gasteiger partial charge in [0.25, 0.3) is 0 Å². The minimum absolute atomic E-state index is 0.175. The lowest BCUT2D eigenvalue weighted by atomic mass is 9.90. The van der Waals surface area contributed by atoms with Gasteiger partial charge in [0, 0.05) is 6.20 Å². The van der Waals surface area contributed by atoms with Crippen molar-refractivity contribution < 1.29 is 4.74 Å². The van der Waals surface area contributed by atoms with Gasteiger partial charge in [0.1, 0.15) is 12.4 Å². The van der Waals surface area contributed by atoms with Crippen LogP contribution >= 0.6 is 0 Å². The SMILES string of the molecule is CN1CCCC[C@]1(C)COc1cccnc1. The Kier molecular flexibility index (Phi) is 3.44. The van der Waals surface area contributed by atoms with Crippen LogP contribution in [0, 0.1) is 0 Å². The molecule has 1 aromatic rings. The second-order valence-electron chi connectivity index (χ2n) is 4.85. The van der Waals surface area contributed by atoms with E-state index >= 15 is 0 Å². The number of ether oxygens (including phenoxy) is 1. The molecule has 1 aliphatic heterocycles. The van der Waals surface area contributed by atoms with E-state index in [-0.39, 0.29) is 5.54 Å². The summed E-state index contributed by atoms with van der Waals surface area (Å²) in [6, 6.07) is 3.86. The van der Waals surface area contributed by atoms with Crippen LogP contribution < -0.4 is 4.74 Å². The van der Waals surface area contributed by atoms with Crippen molar-refractivity contribution >= 4 is 0 Å². The van der Waals surface area contributed by atoms with Crippen molar-refractivity contribution in [3.63, 3.8) is 0 Å². The first-order valence-electron chi connectivity index (χ1n) is 5.95. The number of rotatable bonds is 3. The maximum absolute atomic E-state index is 5.81. The lowest BCUT2D eigenvalue weighted by Gasteiger charge is -2.42. The topological polar surface area (TPSA) is 25.4 Å². The lowest BCUT2D eigenvalue weighted by molar-refractivity contribution is 0.0419. The molecule has 2 heterocycles. The van der Waals surface area contributed by atoms with E-state index in [1.165, 1.54) is 25.8 Å². The predicted octanol–water partition coefficient (Wildman–Crippen LogP) is 2.33. The van der Waals surface area contributed by atoms with Gasteiger partial charge in [-0.3, -0.25) is 9.88 Å². The third-order valence-corrected chi connectivity index (χ3v) is 3.56. The van der Waals surface area contributed by atoms with Gasteiger partial charge in [-0.1, -0.05) is 6.42 Å². The molecule has 0 amide bonds. The van der Waals surface area contributed by atoms with Crippen LogP contribution in [0.5, 0.6) is 5.75 Å². The Morgan fingerprint density at radius 1 is 1.50 bits per heavy atom. The highest BCUT2D eigenvalue weighted by molar-refractivity contribution is 5.15. The van der Waals surface area contributed by atoms with Crippen molar-refractivity contribution in [2.24, 2.45) is 0 Å². The quantitative estimate of drug-likeness (QED) is 0.781. The maximum Gasteiger partial charge on any atom is 0.137 e. The summed E-state index contributed by atoms with van der Waals surface area (Å²) in [5.74, 6) is 0.864. The smallest absolute Gasteiger partial charge is 0.137 e. The Labute approximate surface area is 97.4 Å². The maximum atomic E-state index is 5.81. The largest absolute Gasteiger partial charge is 0.490 e. The minimum Gasteiger partial charge on any atom is -0.490 e. The molecule has 0 bridgehead atoms. The number of likely N-dealkylation sites (tertiary alicyclic amines) is 1. The van der Waals surface area contributed by atoms with Crippen molar-refractivity contribution in [1.82, 2.24) is 9.88 Å². The van der Waals surface area contributed by atoms with E-state index in [1.54, 1.807) is 12.4 Å². The van der Waals surface area contributed by atoms with Crippen LogP contribution in [0.3, 0.4) is 0 Å². The molecule has 1 fully saturated rings. The van der Waals surface area contributed by atoms with E-state index in [1.807, 2.05) is 12.1 Å². The first kappa shape index (κ1) is 11.4. The van der Waals surface area contributed by atoms with Crippen molar-refractivity contribution in [2.75, 3.05) is 20.2 Å². The minimum atomic E-state index is 0.175. The molecule has 16 heavy (non-hydrogen) atoms. The van der Waals surface area contributed by atoms with Gasteiger partial charge in [0.15, 0.2) is 0 Å². The number of piperidine rings is 1. The lowest BCUT2D eigenvalue weighted by Crippen LogP contribution is -2.51. The van der Waals surface area contributed by atoms with Crippen LogP contribution in [0.1, 0.15) is 26.2 Å². The Bertz CT molecular complexity index is 328. The number of aromatic nitrogens is 1. The molecule has 0 N–H and O–H groups in total. The van der Waals surface area contributed by atoms with Crippen LogP contribution in [0.4, 0.5) is 0 Å². The average molecular weight is 220 g/mol. The van der Waals surface area contributed by atoms with Gasteiger partial charge in [0.05, 0.1) is 11.7 Å². The summed E-state index contributed by atoms with van der Waals surface area (Å²) < 4.78 is 5.81. The van der Waals surface area contributed by atoms with Gasteiger partial charge in [0.2, 0.25) is 0 Å². The Balaban J connectivity index is 1.93. The molecule has 1 aliphatic rings. The van der Waals surface area contributed by atoms with Crippen LogP contribution in [0.15, 0.2) is 24.5 Å². The van der Waals surface area contributed by atoms with Crippen LogP contribution in [0.25, 0.3) is 0 Å². The molecular weight excluding hydrogens is 200 g/mol. The first-order chi connectivity index (χ1) is 7.71. The molecule has 1 aromatic heterocycles. The molecule has 0 spiro atoms. The molecule has 0 aromatic carbocycles. The molecule has 0 unspecified atom stereocenters. The van der Waals surface area contributed by atoms with Gasteiger partial charge < -0.3 is 4.74 Å². The molecule has 0 radical (unpaired) electrons. The van der Waals surface area contributed by atoms with Crippen molar-refractivity contribution in [1.29, 1.82) is 0 Å². The Morgan fingerprint density at radius 2 is 2.38 bits per heavy atom. The second kappa shape index (κ2) is 4.83. The molecule has 1 atom stereocenters. The van der Waals surface area contributed by atoms with Gasteiger partial charge in [-0.15, -0.1) is 0 Å². The molecule has 3 heteroatoms. The fourth-order valence-electron chi connectivity index (χ4n) is 2.17. The normalized spacial score (nSPS) is 26.6. The molecule has 88 valence electrons. The zero-order valence-electron chi connectivity index (χ0n) is 10.1. The predicted molar refractivity (Wildman–Crippen MR) is 64.6 cm³/mol. The van der Waals surface area contributed by atoms with E-state index in [2.05, 4.69) is 23.9 Å². The van der Waals surface area contributed by atoms with Gasteiger partial charge >= 0.3 is 0 Å². The van der Waals surface area contributed by atoms with Gasteiger partial charge in [-0.05, 0) is 45.5 Å². The van der Waals surface area contributed by atoms with Crippen molar-refractivity contribution in [3.05, 3.63) is 24.5 Å². The number of likely N-dealkylation sites (N-methyl/N-ethyl adjacent to an activating group) is 1. The summed E-state index contributed by atoms with van der Waals surface area (Å²) in [4.78, 5) is 6.46. The van der Waals surface area contributed by atoms with E-state index in [4.69, 9.17) is 4.74 Å². The van der Waals surface area contributed by atoms with E-state index in [9.17, 15) is 0 Å². The molecule has 1 saturated heterocycles. The first-order valence-corrected chi connectivity index (χ1v) is 5.95. The Morgan fingerprint density at radius 3 is 3.06 bits per heavy atom. The average Bonchev–Trinajstić information content (AvgIpc) is 2.32. The molecule has 2 rings (SSSR count). The number of nitrogens with zero attached hydrogens (tertiary/aromatic N) is 2. The van der Waals surface area contributed by atoms with E-state index in [0.717, 1.165) is 12.4 Å². The molecule has 3 nitrogen and oxygen atoms in total. The summed E-state index contributed by atoms with van der Waals surface area (Å²) in [6.45, 7) is 4.20. The van der Waals surface area contributed by atoms with Crippen molar-refractivity contribution in [2.45, 2.75) is 31.7 Å². The third-order valence-electron chi connectivity index (χ3n) is 3.56. The van der Waals surface area contributed by atoms with Gasteiger partial charge in [-0.25, -0.2) is 0 Å². The number of hydrogen-bond acceptors (Lipinski definition) is 3. The summed E-state index contributed by atoms with van der Waals surface area (Å²) in [5.41, 5.74) is 0.175. The van der Waals surface area contributed by atoms with Crippen molar-refractivity contribution in [3.8, 4) is 5.75 Å². The van der Waals surface area contributed by atoms with E-state index < -0.39 is 0 Å². The van der Waals surface area contributed by atoms with Crippen LogP contribution in [-0.2, 0) is 0 Å². The van der Waals surface area contributed by atoms with E-state index in [0.29, 0.717) is 0 Å². The fraction of sp³-hybridized carbons (Fsp3) is 0.615. The monoisotopic (exact) mass is 220 g/mol. The summed E-state index contributed by atoms with van der Waals surface area (Å²) in [7, 11) is 2.19. The number of pyridine rings is 1. The molecule has 0 aliphatic carbocycles. The molecular formula is C13H20N2O. The molecule has 0 saturated carbocycles. The van der Waals surface area contributed by atoms with Crippen LogP contribution in [0.2, 0.25) is 0 Å². The second-order valence-corrected chi connectivity index (χ2v) is 4.85. The highest BCUT2D eigenvalue weighted by Gasteiger charge is 2.32. The fourth-order valence-corrected chi connectivity index (χ4v) is 2.17. The zero-order chi connectivity index (χ0) is 11.4. The third kappa shape index (κ3) is 2.53. The van der Waals surface area contributed by atoms with Gasteiger partial charge in [-0.2, -0.15) is 0 Å². The van der Waals surface area contributed by atoms with Crippen LogP contribution in [-0.4, -0.2) is 35.6 Å². The number of hydrogen-bond donors (Lipinski definition) is 0. The highest BCUT2D eigenvalue weighted by atomic mass is 16.5. The summed E-state index contributed by atoms with van der Waals surface area (Å²) in [5, 5.41) is 0. The Hall–Kier alpha value is -1.09. The highest BCUT2D eigenvalue weighted by Crippen LogP contribution is 2.27. The standard InChI is InChI=1S/C13H20N2O/c1-13(7-3-4-9-15(13)2)11-16-12-6-5-8-14-10-12/h5-6,8,10H,3-4,7,9,11H2,1-2H3/t13-/m1/s1. The summed E-state index contributed by atoms with van der Waals surface area (Å²) in [6.07, 6.45) is 7.35. The summed E-state index contributed by atoms with van der Waals surface area (Å²) >= 11 is 0. The zero-order valence-corrected chi connectivity index (χ0v) is 10.1.